The third kappa shape index (κ3) is 2.59. The molecular weight excluding hydrogens is 176 g/mol. The van der Waals surface area contributed by atoms with E-state index >= 15 is 0 Å². The van der Waals surface area contributed by atoms with Crippen molar-refractivity contribution in [2.24, 2.45) is 0 Å². The lowest BCUT2D eigenvalue weighted by Crippen LogP contribution is -2.43. The van der Waals surface area contributed by atoms with E-state index in [4.69, 9.17) is 0 Å². The lowest BCUT2D eigenvalue weighted by Gasteiger charge is -2.24. The fraction of sp³-hybridized carbons (Fsp3) is 0.500. The molecule has 1 aromatic rings. The Morgan fingerprint density at radius 2 is 2.29 bits per heavy atom. The zero-order valence-corrected chi connectivity index (χ0v) is 8.08. The molecule has 74 valence electrons. The topological polar surface area (TPSA) is 44.0 Å². The fourth-order valence-corrected chi connectivity index (χ4v) is 1.44. The Morgan fingerprint density at radius 1 is 1.43 bits per heavy atom. The standard InChI is InChI=1S/C10H14N4/c1(2-10-8-12-13-9-10)5-14-6-3-11-4-7-14/h8-9,11H,3-7H2,(H,12,13). The highest BCUT2D eigenvalue weighted by Gasteiger charge is 2.06. The molecule has 0 saturated carbocycles. The Labute approximate surface area is 83.7 Å². The molecule has 14 heavy (non-hydrogen) atoms. The Balaban J connectivity index is 1.80. The van der Waals surface area contributed by atoms with Crippen LogP contribution in [-0.2, 0) is 0 Å². The molecule has 0 unspecified atom stereocenters. The maximum absolute atomic E-state index is 3.84. The van der Waals surface area contributed by atoms with Crippen LogP contribution in [0.1, 0.15) is 5.56 Å². The van der Waals surface area contributed by atoms with Gasteiger partial charge in [-0.25, -0.2) is 0 Å². The monoisotopic (exact) mass is 190 g/mol. The summed E-state index contributed by atoms with van der Waals surface area (Å²) < 4.78 is 0. The zero-order valence-electron chi connectivity index (χ0n) is 8.08. The second-order valence-corrected chi connectivity index (χ2v) is 3.31. The van der Waals surface area contributed by atoms with Crippen LogP contribution in [0, 0.1) is 11.8 Å². The van der Waals surface area contributed by atoms with Crippen molar-refractivity contribution in [1.82, 2.24) is 20.4 Å². The van der Waals surface area contributed by atoms with Gasteiger partial charge < -0.3 is 5.32 Å². The number of aromatic nitrogens is 2. The molecule has 2 rings (SSSR count). The van der Waals surface area contributed by atoms with E-state index in [0.717, 1.165) is 38.3 Å². The summed E-state index contributed by atoms with van der Waals surface area (Å²) >= 11 is 0. The van der Waals surface area contributed by atoms with Gasteiger partial charge in [0.2, 0.25) is 0 Å². The molecule has 0 atom stereocenters. The molecule has 2 heterocycles. The van der Waals surface area contributed by atoms with Crippen molar-refractivity contribution in [2.75, 3.05) is 32.7 Å². The van der Waals surface area contributed by atoms with Crippen LogP contribution in [0.25, 0.3) is 0 Å². The quantitative estimate of drug-likeness (QED) is 0.596. The summed E-state index contributed by atoms with van der Waals surface area (Å²) in [7, 11) is 0. The second kappa shape index (κ2) is 4.80. The molecule has 0 aliphatic carbocycles. The first-order valence-electron chi connectivity index (χ1n) is 4.86. The summed E-state index contributed by atoms with van der Waals surface area (Å²) in [6.45, 7) is 5.20. The Bertz CT molecular complexity index is 314. The van der Waals surface area contributed by atoms with Crippen molar-refractivity contribution in [2.45, 2.75) is 0 Å². The van der Waals surface area contributed by atoms with Crippen LogP contribution in [0.5, 0.6) is 0 Å². The van der Waals surface area contributed by atoms with Gasteiger partial charge >= 0.3 is 0 Å². The molecule has 2 N–H and O–H groups in total. The number of hydrogen-bond donors (Lipinski definition) is 2. The number of rotatable bonds is 1. The Kier molecular flexibility index (Phi) is 3.17. The van der Waals surface area contributed by atoms with Crippen LogP contribution < -0.4 is 5.32 Å². The molecule has 0 spiro atoms. The van der Waals surface area contributed by atoms with Gasteiger partial charge in [-0.15, -0.1) is 0 Å². The summed E-state index contributed by atoms with van der Waals surface area (Å²) in [4.78, 5) is 2.35. The second-order valence-electron chi connectivity index (χ2n) is 3.31. The lowest BCUT2D eigenvalue weighted by atomic mass is 10.3. The van der Waals surface area contributed by atoms with E-state index in [1.165, 1.54) is 0 Å². The van der Waals surface area contributed by atoms with Gasteiger partial charge in [0.15, 0.2) is 0 Å². The largest absolute Gasteiger partial charge is 0.314 e. The molecule has 1 aliphatic heterocycles. The van der Waals surface area contributed by atoms with Gasteiger partial charge in [0.1, 0.15) is 0 Å². The zero-order chi connectivity index (χ0) is 9.64. The SMILES string of the molecule is C(#Cc1cn[nH]c1)CN1CCNCC1. The van der Waals surface area contributed by atoms with E-state index in [1.54, 1.807) is 6.20 Å². The van der Waals surface area contributed by atoms with Gasteiger partial charge in [0.05, 0.1) is 18.3 Å². The number of aromatic amines is 1. The molecule has 0 bridgehead atoms. The van der Waals surface area contributed by atoms with E-state index in [1.807, 2.05) is 6.20 Å². The smallest absolute Gasteiger partial charge is 0.0644 e. The fourth-order valence-electron chi connectivity index (χ4n) is 1.44. The summed E-state index contributed by atoms with van der Waals surface area (Å²) in [5.41, 5.74) is 0.958. The number of nitrogens with zero attached hydrogens (tertiary/aromatic N) is 2. The van der Waals surface area contributed by atoms with Crippen molar-refractivity contribution in [3.05, 3.63) is 18.0 Å². The van der Waals surface area contributed by atoms with Crippen LogP contribution in [0.15, 0.2) is 12.4 Å². The molecule has 1 aromatic heterocycles. The van der Waals surface area contributed by atoms with Gasteiger partial charge in [-0.1, -0.05) is 11.8 Å². The predicted octanol–water partition coefficient (Wildman–Crippen LogP) is -0.334. The average molecular weight is 190 g/mol. The van der Waals surface area contributed by atoms with E-state index in [0.29, 0.717) is 0 Å². The van der Waals surface area contributed by atoms with E-state index in [9.17, 15) is 0 Å². The molecule has 4 heteroatoms. The summed E-state index contributed by atoms with van der Waals surface area (Å²) in [5.74, 6) is 6.21. The highest BCUT2D eigenvalue weighted by molar-refractivity contribution is 5.29. The number of hydrogen-bond acceptors (Lipinski definition) is 3. The van der Waals surface area contributed by atoms with Crippen molar-refractivity contribution in [3.8, 4) is 11.8 Å². The number of nitrogens with one attached hydrogen (secondary N) is 2. The van der Waals surface area contributed by atoms with Crippen LogP contribution in [-0.4, -0.2) is 47.8 Å². The highest BCUT2D eigenvalue weighted by atomic mass is 15.2. The van der Waals surface area contributed by atoms with Crippen molar-refractivity contribution < 1.29 is 0 Å². The molecule has 1 saturated heterocycles. The lowest BCUT2D eigenvalue weighted by molar-refractivity contribution is 0.268. The molecule has 1 fully saturated rings. The van der Waals surface area contributed by atoms with E-state index in [-0.39, 0.29) is 0 Å². The van der Waals surface area contributed by atoms with Crippen LogP contribution in [0.2, 0.25) is 0 Å². The average Bonchev–Trinajstić information content (AvgIpc) is 2.72. The minimum atomic E-state index is 0.854. The molecule has 1 aliphatic rings. The van der Waals surface area contributed by atoms with Gasteiger partial charge in [0.25, 0.3) is 0 Å². The minimum absolute atomic E-state index is 0.854. The third-order valence-corrected chi connectivity index (χ3v) is 2.24. The summed E-state index contributed by atoms with van der Waals surface area (Å²) in [6, 6.07) is 0. The van der Waals surface area contributed by atoms with Crippen molar-refractivity contribution in [1.29, 1.82) is 0 Å². The highest BCUT2D eigenvalue weighted by Crippen LogP contribution is 1.91. The first-order chi connectivity index (χ1) is 6.95. The first kappa shape index (κ1) is 9.25. The Morgan fingerprint density at radius 3 is 3.00 bits per heavy atom. The van der Waals surface area contributed by atoms with E-state index < -0.39 is 0 Å². The minimum Gasteiger partial charge on any atom is -0.314 e. The number of piperazine rings is 1. The van der Waals surface area contributed by atoms with Gasteiger partial charge in [0, 0.05) is 32.4 Å². The summed E-state index contributed by atoms with van der Waals surface area (Å²) in [5, 5.41) is 9.89. The predicted molar refractivity (Wildman–Crippen MR) is 54.8 cm³/mol. The third-order valence-electron chi connectivity index (χ3n) is 2.24. The molecule has 0 amide bonds. The first-order valence-corrected chi connectivity index (χ1v) is 4.86. The number of H-pyrrole nitrogens is 1. The Hall–Kier alpha value is -1.31. The van der Waals surface area contributed by atoms with Gasteiger partial charge in [-0.05, 0) is 0 Å². The van der Waals surface area contributed by atoms with Gasteiger partial charge in [-0.3, -0.25) is 10.00 Å². The normalized spacial score (nSPS) is 17.4. The van der Waals surface area contributed by atoms with Crippen LogP contribution >= 0.6 is 0 Å². The maximum Gasteiger partial charge on any atom is 0.0644 e. The molecule has 0 aromatic carbocycles. The molecular formula is C10H14N4. The summed E-state index contributed by atoms with van der Waals surface area (Å²) in [6.07, 6.45) is 3.55. The van der Waals surface area contributed by atoms with Crippen molar-refractivity contribution >= 4 is 0 Å². The van der Waals surface area contributed by atoms with Crippen LogP contribution in [0.3, 0.4) is 0 Å². The van der Waals surface area contributed by atoms with Crippen LogP contribution in [0.4, 0.5) is 0 Å². The van der Waals surface area contributed by atoms with E-state index in [2.05, 4.69) is 32.3 Å². The maximum atomic E-state index is 3.84. The van der Waals surface area contributed by atoms with Gasteiger partial charge in [-0.2, -0.15) is 5.10 Å². The molecule has 4 nitrogen and oxygen atoms in total. The molecule has 0 radical (unpaired) electrons. The van der Waals surface area contributed by atoms with Crippen molar-refractivity contribution in [3.63, 3.8) is 0 Å².